The molecule has 0 atom stereocenters. The number of carboxylic acid groups (broad SMARTS) is 2. The molecule has 0 aliphatic heterocycles. The van der Waals surface area contributed by atoms with Gasteiger partial charge in [0.05, 0.1) is 11.1 Å². The number of aryl methyl sites for hydroxylation is 1. The van der Waals surface area contributed by atoms with E-state index in [1.165, 1.54) is 18.2 Å². The van der Waals surface area contributed by atoms with Crippen molar-refractivity contribution in [3.63, 3.8) is 0 Å². The maximum atomic E-state index is 12.2. The highest BCUT2D eigenvalue weighted by Gasteiger charge is 2.20. The van der Waals surface area contributed by atoms with Crippen molar-refractivity contribution in [1.82, 2.24) is 0 Å². The van der Waals surface area contributed by atoms with Gasteiger partial charge in [-0.3, -0.25) is 4.79 Å². The number of carbonyl (C=O) groups is 3. The number of phenols is 2. The Morgan fingerprint density at radius 2 is 1.50 bits per heavy atom. The summed E-state index contributed by atoms with van der Waals surface area (Å²) in [7, 11) is 0. The van der Waals surface area contributed by atoms with E-state index in [4.69, 9.17) is 10.2 Å². The SMILES string of the molecule is Cc1cc(NC(=O)c2cc(O)cc(C(=O)O)c2O)cc(C(=O)O)c1. The predicted octanol–water partition coefficient (Wildman–Crippen LogP) is 2.05. The Labute approximate surface area is 135 Å². The molecule has 0 aliphatic rings. The van der Waals surface area contributed by atoms with Gasteiger partial charge in [-0.05, 0) is 42.8 Å². The number of phenolic OH excluding ortho intramolecular Hbond substituents is 1. The number of anilines is 1. The number of rotatable bonds is 4. The normalized spacial score (nSPS) is 10.2. The lowest BCUT2D eigenvalue weighted by molar-refractivity contribution is 0.0683. The number of carbonyl (C=O) groups excluding carboxylic acids is 1. The van der Waals surface area contributed by atoms with Gasteiger partial charge in [-0.1, -0.05) is 0 Å². The molecule has 1 amide bonds. The number of carboxylic acids is 2. The third-order valence-corrected chi connectivity index (χ3v) is 3.15. The molecule has 0 radical (unpaired) electrons. The van der Waals surface area contributed by atoms with E-state index in [1.807, 2.05) is 0 Å². The Kier molecular flexibility index (Phi) is 4.41. The molecule has 0 bridgehead atoms. The van der Waals surface area contributed by atoms with Crippen LogP contribution in [0, 0.1) is 6.92 Å². The number of nitrogens with one attached hydrogen (secondary N) is 1. The van der Waals surface area contributed by atoms with E-state index >= 15 is 0 Å². The molecule has 2 aromatic rings. The van der Waals surface area contributed by atoms with Gasteiger partial charge in [0.25, 0.3) is 5.91 Å². The van der Waals surface area contributed by atoms with Crippen LogP contribution in [0.5, 0.6) is 11.5 Å². The van der Waals surface area contributed by atoms with Gasteiger partial charge in [-0.2, -0.15) is 0 Å². The molecule has 2 aromatic carbocycles. The van der Waals surface area contributed by atoms with E-state index in [0.29, 0.717) is 5.56 Å². The molecule has 24 heavy (non-hydrogen) atoms. The zero-order valence-electron chi connectivity index (χ0n) is 12.4. The Balaban J connectivity index is 2.41. The van der Waals surface area contributed by atoms with Crippen LogP contribution in [0.1, 0.15) is 36.6 Å². The second-order valence-electron chi connectivity index (χ2n) is 5.04. The predicted molar refractivity (Wildman–Crippen MR) is 82.8 cm³/mol. The first-order chi connectivity index (χ1) is 11.2. The quantitative estimate of drug-likeness (QED) is 0.539. The smallest absolute Gasteiger partial charge is 0.339 e. The molecule has 124 valence electrons. The fourth-order valence-electron chi connectivity index (χ4n) is 2.13. The molecular weight excluding hydrogens is 318 g/mol. The van der Waals surface area contributed by atoms with Crippen molar-refractivity contribution in [3.8, 4) is 11.5 Å². The molecule has 0 saturated heterocycles. The van der Waals surface area contributed by atoms with Crippen LogP contribution < -0.4 is 5.32 Å². The van der Waals surface area contributed by atoms with Crippen molar-refractivity contribution < 1.29 is 34.8 Å². The van der Waals surface area contributed by atoms with Gasteiger partial charge in [-0.25, -0.2) is 9.59 Å². The van der Waals surface area contributed by atoms with E-state index in [0.717, 1.165) is 12.1 Å². The zero-order valence-corrected chi connectivity index (χ0v) is 12.4. The molecule has 2 rings (SSSR count). The number of benzene rings is 2. The minimum absolute atomic E-state index is 0.0448. The van der Waals surface area contributed by atoms with Crippen molar-refractivity contribution in [2.24, 2.45) is 0 Å². The van der Waals surface area contributed by atoms with Crippen LogP contribution in [-0.2, 0) is 0 Å². The van der Waals surface area contributed by atoms with Gasteiger partial charge in [0, 0.05) is 5.69 Å². The molecule has 0 saturated carbocycles. The summed E-state index contributed by atoms with van der Waals surface area (Å²) in [4.78, 5) is 34.3. The Hall–Kier alpha value is -3.55. The van der Waals surface area contributed by atoms with E-state index < -0.39 is 40.5 Å². The molecule has 8 nitrogen and oxygen atoms in total. The molecule has 0 unspecified atom stereocenters. The van der Waals surface area contributed by atoms with Gasteiger partial charge >= 0.3 is 11.9 Å². The van der Waals surface area contributed by atoms with Crippen LogP contribution in [0.15, 0.2) is 30.3 Å². The maximum Gasteiger partial charge on any atom is 0.339 e. The molecule has 5 N–H and O–H groups in total. The lowest BCUT2D eigenvalue weighted by atomic mass is 10.1. The van der Waals surface area contributed by atoms with Gasteiger partial charge < -0.3 is 25.7 Å². The molecular formula is C16H13NO7. The van der Waals surface area contributed by atoms with Crippen LogP contribution >= 0.6 is 0 Å². The van der Waals surface area contributed by atoms with Crippen LogP contribution in [0.25, 0.3) is 0 Å². The summed E-state index contributed by atoms with van der Waals surface area (Å²) in [6.07, 6.45) is 0. The fraction of sp³-hybridized carbons (Fsp3) is 0.0625. The largest absolute Gasteiger partial charge is 0.508 e. The van der Waals surface area contributed by atoms with Crippen LogP contribution in [0.2, 0.25) is 0 Å². The van der Waals surface area contributed by atoms with E-state index in [2.05, 4.69) is 5.32 Å². The number of hydrogen-bond acceptors (Lipinski definition) is 5. The van der Waals surface area contributed by atoms with Crippen LogP contribution in [0.4, 0.5) is 5.69 Å². The number of aromatic carboxylic acids is 2. The zero-order chi connectivity index (χ0) is 18.0. The highest BCUT2D eigenvalue weighted by Crippen LogP contribution is 2.29. The lowest BCUT2D eigenvalue weighted by Gasteiger charge is -2.10. The summed E-state index contributed by atoms with van der Waals surface area (Å²) in [6, 6.07) is 5.84. The molecule has 0 spiro atoms. The molecule has 0 heterocycles. The Morgan fingerprint density at radius 3 is 2.08 bits per heavy atom. The summed E-state index contributed by atoms with van der Waals surface area (Å²) in [5.74, 6) is -4.90. The minimum Gasteiger partial charge on any atom is -0.508 e. The average molecular weight is 331 g/mol. The summed E-state index contributed by atoms with van der Waals surface area (Å²) in [5.41, 5.74) is -0.397. The van der Waals surface area contributed by atoms with Gasteiger partial charge in [0.15, 0.2) is 0 Å². The fourth-order valence-corrected chi connectivity index (χ4v) is 2.13. The second kappa shape index (κ2) is 6.29. The van der Waals surface area contributed by atoms with E-state index in [9.17, 15) is 24.6 Å². The molecule has 8 heteroatoms. The Morgan fingerprint density at radius 1 is 0.875 bits per heavy atom. The molecule has 0 aromatic heterocycles. The molecule has 0 fully saturated rings. The van der Waals surface area contributed by atoms with Crippen molar-refractivity contribution in [2.75, 3.05) is 5.32 Å². The van der Waals surface area contributed by atoms with Crippen molar-refractivity contribution in [2.45, 2.75) is 6.92 Å². The van der Waals surface area contributed by atoms with Crippen molar-refractivity contribution in [3.05, 3.63) is 52.6 Å². The van der Waals surface area contributed by atoms with E-state index in [1.54, 1.807) is 6.92 Å². The monoisotopic (exact) mass is 331 g/mol. The summed E-state index contributed by atoms with van der Waals surface area (Å²) < 4.78 is 0. The lowest BCUT2D eigenvalue weighted by Crippen LogP contribution is -2.14. The summed E-state index contributed by atoms with van der Waals surface area (Å²) >= 11 is 0. The first kappa shape index (κ1) is 16.8. The Bertz CT molecular complexity index is 858. The first-order valence-electron chi connectivity index (χ1n) is 6.64. The maximum absolute atomic E-state index is 12.2. The number of amides is 1. The number of hydrogen-bond donors (Lipinski definition) is 5. The van der Waals surface area contributed by atoms with E-state index in [-0.39, 0.29) is 11.3 Å². The van der Waals surface area contributed by atoms with Crippen LogP contribution in [0.3, 0.4) is 0 Å². The van der Waals surface area contributed by atoms with Crippen molar-refractivity contribution in [1.29, 1.82) is 0 Å². The summed E-state index contributed by atoms with van der Waals surface area (Å²) in [5, 5.41) is 39.7. The highest BCUT2D eigenvalue weighted by molar-refractivity contribution is 6.09. The van der Waals surface area contributed by atoms with Crippen LogP contribution in [-0.4, -0.2) is 38.3 Å². The highest BCUT2D eigenvalue weighted by atomic mass is 16.4. The van der Waals surface area contributed by atoms with Gasteiger partial charge in [-0.15, -0.1) is 0 Å². The van der Waals surface area contributed by atoms with Crippen molar-refractivity contribution >= 4 is 23.5 Å². The summed E-state index contributed by atoms with van der Waals surface area (Å²) in [6.45, 7) is 1.64. The molecule has 0 aliphatic carbocycles. The third-order valence-electron chi connectivity index (χ3n) is 3.15. The topological polar surface area (TPSA) is 144 Å². The second-order valence-corrected chi connectivity index (χ2v) is 5.04. The average Bonchev–Trinajstić information content (AvgIpc) is 2.48. The number of aromatic hydroxyl groups is 2. The first-order valence-corrected chi connectivity index (χ1v) is 6.64. The third kappa shape index (κ3) is 3.43. The standard InChI is InChI=1S/C16H13NO7/c1-7-2-8(15(21)22)4-9(3-7)17-14(20)11-5-10(18)6-12(13(11)19)16(23)24/h2-6,18-19H,1H3,(H,17,20)(H,21,22)(H,23,24). The minimum atomic E-state index is -1.51. The van der Waals surface area contributed by atoms with Gasteiger partial charge in [0.2, 0.25) is 0 Å². The van der Waals surface area contributed by atoms with Gasteiger partial charge in [0.1, 0.15) is 17.1 Å².